The number of halogens is 1. The third-order valence-corrected chi connectivity index (χ3v) is 2.65. The van der Waals surface area contributed by atoms with E-state index in [1.54, 1.807) is 7.11 Å². The Balaban J connectivity index is 2.72. The van der Waals surface area contributed by atoms with Gasteiger partial charge in [-0.3, -0.25) is 0 Å². The molecule has 0 fully saturated rings. The minimum Gasteiger partial charge on any atom is -0.496 e. The van der Waals surface area contributed by atoms with E-state index in [1.165, 1.54) is 5.56 Å². The van der Waals surface area contributed by atoms with E-state index >= 15 is 0 Å². The summed E-state index contributed by atoms with van der Waals surface area (Å²) >= 11 is 5.71. The van der Waals surface area contributed by atoms with E-state index in [-0.39, 0.29) is 6.04 Å². The van der Waals surface area contributed by atoms with Gasteiger partial charge in [-0.15, -0.1) is 0 Å². The van der Waals surface area contributed by atoms with Gasteiger partial charge < -0.3 is 10.1 Å². The monoisotopic (exact) mass is 239 g/mol. The summed E-state index contributed by atoms with van der Waals surface area (Å²) in [5, 5.41) is 3.91. The molecule has 0 bridgehead atoms. The molecule has 1 aromatic carbocycles. The molecule has 1 atom stereocenters. The molecule has 16 heavy (non-hydrogen) atoms. The van der Waals surface area contributed by atoms with Crippen LogP contribution in [0.3, 0.4) is 0 Å². The van der Waals surface area contributed by atoms with Crippen LogP contribution in [-0.2, 0) is 0 Å². The highest BCUT2D eigenvalue weighted by molar-refractivity contribution is 6.29. The summed E-state index contributed by atoms with van der Waals surface area (Å²) in [6.45, 7) is 8.40. The van der Waals surface area contributed by atoms with Crippen LogP contribution in [-0.4, -0.2) is 13.7 Å². The number of benzene rings is 1. The Morgan fingerprint density at radius 1 is 1.56 bits per heavy atom. The van der Waals surface area contributed by atoms with E-state index in [1.807, 2.05) is 13.0 Å². The fourth-order valence-corrected chi connectivity index (χ4v) is 1.63. The summed E-state index contributed by atoms with van der Waals surface area (Å²) in [5.41, 5.74) is 2.36. The topological polar surface area (TPSA) is 21.3 Å². The predicted molar refractivity (Wildman–Crippen MR) is 69.1 cm³/mol. The average Bonchev–Trinajstić information content (AvgIpc) is 2.25. The van der Waals surface area contributed by atoms with Crippen molar-refractivity contribution in [1.82, 2.24) is 5.32 Å². The van der Waals surface area contributed by atoms with Crippen LogP contribution >= 0.6 is 11.6 Å². The molecule has 88 valence electrons. The normalized spacial score (nSPS) is 12.2. The van der Waals surface area contributed by atoms with Crippen LogP contribution in [0.25, 0.3) is 0 Å². The smallest absolute Gasteiger partial charge is 0.121 e. The molecule has 0 aliphatic rings. The van der Waals surface area contributed by atoms with Crippen molar-refractivity contribution in [2.24, 2.45) is 0 Å². The lowest BCUT2D eigenvalue weighted by Crippen LogP contribution is -2.19. The SMILES string of the molecule is C=C(Cl)CNC(C)c1ccc(OC)c(C)c1. The standard InChI is InChI=1S/C13H18ClNO/c1-9-7-12(5-6-13(9)16-4)11(3)15-8-10(2)14/h5-7,11,15H,2,8H2,1,3-4H3. The molecule has 0 spiro atoms. The fourth-order valence-electron chi connectivity index (χ4n) is 1.55. The van der Waals surface area contributed by atoms with Crippen molar-refractivity contribution in [3.8, 4) is 5.75 Å². The number of methoxy groups -OCH3 is 1. The van der Waals surface area contributed by atoms with E-state index in [4.69, 9.17) is 16.3 Å². The van der Waals surface area contributed by atoms with Crippen LogP contribution in [0.5, 0.6) is 5.75 Å². The number of aryl methyl sites for hydroxylation is 1. The summed E-state index contributed by atoms with van der Waals surface area (Å²) in [6.07, 6.45) is 0. The highest BCUT2D eigenvalue weighted by atomic mass is 35.5. The first-order valence-corrected chi connectivity index (χ1v) is 5.63. The van der Waals surface area contributed by atoms with Gasteiger partial charge in [-0.05, 0) is 31.0 Å². The minimum absolute atomic E-state index is 0.250. The first-order chi connectivity index (χ1) is 7.54. The van der Waals surface area contributed by atoms with Gasteiger partial charge in [0.1, 0.15) is 5.75 Å². The van der Waals surface area contributed by atoms with E-state index < -0.39 is 0 Å². The number of hydrogen-bond donors (Lipinski definition) is 1. The van der Waals surface area contributed by atoms with Gasteiger partial charge in [0, 0.05) is 17.6 Å². The largest absolute Gasteiger partial charge is 0.496 e. The Bertz CT molecular complexity index is 376. The van der Waals surface area contributed by atoms with E-state index in [0.717, 1.165) is 11.3 Å². The van der Waals surface area contributed by atoms with Crippen LogP contribution in [0.2, 0.25) is 0 Å². The summed E-state index contributed by atoms with van der Waals surface area (Å²) < 4.78 is 5.22. The molecule has 1 rings (SSSR count). The van der Waals surface area contributed by atoms with Crippen LogP contribution in [0.15, 0.2) is 29.8 Å². The fraction of sp³-hybridized carbons (Fsp3) is 0.385. The molecule has 1 N–H and O–H groups in total. The van der Waals surface area contributed by atoms with Crippen molar-refractivity contribution in [3.63, 3.8) is 0 Å². The van der Waals surface area contributed by atoms with Gasteiger partial charge in [0.2, 0.25) is 0 Å². The summed E-state index contributed by atoms with van der Waals surface area (Å²) in [4.78, 5) is 0. The second-order valence-corrected chi connectivity index (χ2v) is 4.38. The Morgan fingerprint density at radius 3 is 2.75 bits per heavy atom. The molecule has 1 unspecified atom stereocenters. The summed E-state index contributed by atoms with van der Waals surface area (Å²) in [5.74, 6) is 0.915. The van der Waals surface area contributed by atoms with Crippen molar-refractivity contribution >= 4 is 11.6 Å². The minimum atomic E-state index is 0.250. The molecule has 0 radical (unpaired) electrons. The lowest BCUT2D eigenvalue weighted by Gasteiger charge is -2.15. The van der Waals surface area contributed by atoms with Gasteiger partial charge in [0.15, 0.2) is 0 Å². The number of rotatable bonds is 5. The highest BCUT2D eigenvalue weighted by Gasteiger charge is 2.07. The second kappa shape index (κ2) is 5.92. The quantitative estimate of drug-likeness (QED) is 0.850. The maximum atomic E-state index is 5.71. The Kier molecular flexibility index (Phi) is 4.84. The number of nitrogens with one attached hydrogen (secondary N) is 1. The Labute approximate surface area is 102 Å². The first-order valence-electron chi connectivity index (χ1n) is 5.25. The van der Waals surface area contributed by atoms with E-state index in [2.05, 4.69) is 31.0 Å². The zero-order chi connectivity index (χ0) is 12.1. The lowest BCUT2D eigenvalue weighted by atomic mass is 10.1. The second-order valence-electron chi connectivity index (χ2n) is 3.85. The van der Waals surface area contributed by atoms with Gasteiger partial charge in [0.05, 0.1) is 7.11 Å². The first kappa shape index (κ1) is 13.1. The van der Waals surface area contributed by atoms with Gasteiger partial charge >= 0.3 is 0 Å². The molecule has 0 aliphatic carbocycles. The van der Waals surface area contributed by atoms with Crippen LogP contribution in [0.4, 0.5) is 0 Å². The van der Waals surface area contributed by atoms with Gasteiger partial charge in [-0.1, -0.05) is 30.3 Å². The molecule has 0 aliphatic heterocycles. The maximum Gasteiger partial charge on any atom is 0.121 e. The average molecular weight is 240 g/mol. The van der Waals surface area contributed by atoms with Gasteiger partial charge in [0.25, 0.3) is 0 Å². The molecular formula is C13H18ClNO. The summed E-state index contributed by atoms with van der Waals surface area (Å²) in [7, 11) is 1.68. The number of ether oxygens (including phenoxy) is 1. The molecule has 0 saturated carbocycles. The van der Waals surface area contributed by atoms with Crippen molar-refractivity contribution in [2.75, 3.05) is 13.7 Å². The zero-order valence-corrected chi connectivity index (χ0v) is 10.8. The van der Waals surface area contributed by atoms with E-state index in [9.17, 15) is 0 Å². The van der Waals surface area contributed by atoms with E-state index in [0.29, 0.717) is 11.6 Å². The predicted octanol–water partition coefficient (Wildman–Crippen LogP) is 3.41. The van der Waals surface area contributed by atoms with Crippen molar-refractivity contribution < 1.29 is 4.74 Å². The molecule has 0 heterocycles. The van der Waals surface area contributed by atoms with Crippen LogP contribution < -0.4 is 10.1 Å². The van der Waals surface area contributed by atoms with Crippen molar-refractivity contribution in [3.05, 3.63) is 40.9 Å². The van der Waals surface area contributed by atoms with Crippen LogP contribution in [0, 0.1) is 6.92 Å². The van der Waals surface area contributed by atoms with Crippen molar-refractivity contribution in [2.45, 2.75) is 19.9 Å². The molecule has 2 nitrogen and oxygen atoms in total. The summed E-state index contributed by atoms with van der Waals surface area (Å²) in [6, 6.07) is 6.41. The Morgan fingerprint density at radius 2 is 2.25 bits per heavy atom. The molecule has 1 aromatic rings. The number of hydrogen-bond acceptors (Lipinski definition) is 2. The molecular weight excluding hydrogens is 222 g/mol. The third kappa shape index (κ3) is 3.54. The van der Waals surface area contributed by atoms with Gasteiger partial charge in [-0.25, -0.2) is 0 Å². The molecule has 0 aromatic heterocycles. The molecule has 0 saturated heterocycles. The van der Waals surface area contributed by atoms with Gasteiger partial charge in [-0.2, -0.15) is 0 Å². The third-order valence-electron chi connectivity index (χ3n) is 2.52. The highest BCUT2D eigenvalue weighted by Crippen LogP contribution is 2.22. The lowest BCUT2D eigenvalue weighted by molar-refractivity contribution is 0.411. The molecule has 3 heteroatoms. The van der Waals surface area contributed by atoms with Crippen LogP contribution in [0.1, 0.15) is 24.1 Å². The zero-order valence-electron chi connectivity index (χ0n) is 10.0. The van der Waals surface area contributed by atoms with Crippen molar-refractivity contribution in [1.29, 1.82) is 0 Å². The maximum absolute atomic E-state index is 5.71. The Hall–Kier alpha value is -0.990. The molecule has 0 amide bonds.